The average molecular weight is 189 g/mol. The molecule has 0 aliphatic heterocycles. The monoisotopic (exact) mass is 189 g/mol. The molecule has 0 aliphatic carbocycles. The van der Waals surface area contributed by atoms with E-state index in [9.17, 15) is 4.79 Å². The van der Waals surface area contributed by atoms with Crippen molar-refractivity contribution in [2.24, 2.45) is 0 Å². The van der Waals surface area contributed by atoms with Crippen molar-refractivity contribution in [2.75, 3.05) is 0 Å². The second-order valence-electron chi connectivity index (χ2n) is 2.65. The number of pyridine rings is 1. The van der Waals surface area contributed by atoms with Crippen LogP contribution < -0.4 is 0 Å². The number of carboxylic acid groups (broad SMARTS) is 1. The third kappa shape index (κ3) is 1.47. The molecular weight excluding hydrogens is 182 g/mol. The molecule has 0 fully saturated rings. The van der Waals surface area contributed by atoms with E-state index in [1.165, 1.54) is 12.5 Å². The van der Waals surface area contributed by atoms with Gasteiger partial charge in [0.2, 0.25) is 0 Å². The van der Waals surface area contributed by atoms with Crippen LogP contribution in [-0.2, 0) is 4.79 Å². The first-order valence-corrected chi connectivity index (χ1v) is 3.96. The molecule has 0 atom stereocenters. The molecule has 14 heavy (non-hydrogen) atoms. The van der Waals surface area contributed by atoms with Crippen molar-refractivity contribution in [1.29, 1.82) is 0 Å². The number of aliphatic carboxylic acids is 1. The number of aromatic nitrogens is 3. The summed E-state index contributed by atoms with van der Waals surface area (Å²) in [6.45, 7) is 0. The van der Waals surface area contributed by atoms with E-state index in [2.05, 4.69) is 9.97 Å². The normalized spacial score (nSPS) is 11.1. The van der Waals surface area contributed by atoms with E-state index in [0.29, 0.717) is 5.65 Å². The largest absolute Gasteiger partial charge is 0.478 e. The Morgan fingerprint density at radius 1 is 1.50 bits per heavy atom. The van der Waals surface area contributed by atoms with Crippen molar-refractivity contribution < 1.29 is 9.90 Å². The summed E-state index contributed by atoms with van der Waals surface area (Å²) in [5, 5.41) is 8.45. The number of nitrogens with zero attached hydrogens (tertiary/aromatic N) is 3. The van der Waals surface area contributed by atoms with E-state index in [0.717, 1.165) is 11.6 Å². The highest BCUT2D eigenvalue weighted by molar-refractivity contribution is 5.84. The Kier molecular flexibility index (Phi) is 1.98. The molecule has 0 bridgehead atoms. The molecule has 0 radical (unpaired) electrons. The molecule has 5 nitrogen and oxygen atoms in total. The summed E-state index contributed by atoms with van der Waals surface area (Å²) in [6, 6.07) is 3.59. The third-order valence-electron chi connectivity index (χ3n) is 1.73. The maximum atomic E-state index is 10.3. The second kappa shape index (κ2) is 3.29. The summed E-state index contributed by atoms with van der Waals surface area (Å²) in [4.78, 5) is 18.3. The first-order valence-electron chi connectivity index (χ1n) is 3.96. The lowest BCUT2D eigenvalue weighted by Crippen LogP contribution is -1.89. The van der Waals surface area contributed by atoms with Gasteiger partial charge in [0.05, 0.1) is 5.52 Å². The van der Waals surface area contributed by atoms with Gasteiger partial charge in [0, 0.05) is 18.5 Å². The van der Waals surface area contributed by atoms with Gasteiger partial charge in [0.1, 0.15) is 6.33 Å². The van der Waals surface area contributed by atoms with Crippen LogP contribution in [0.1, 0.15) is 0 Å². The molecule has 0 saturated carbocycles. The van der Waals surface area contributed by atoms with Gasteiger partial charge in [-0.2, -0.15) is 0 Å². The Bertz CT molecular complexity index is 501. The van der Waals surface area contributed by atoms with Gasteiger partial charge in [-0.05, 0) is 12.1 Å². The minimum absolute atomic E-state index is 0.600. The van der Waals surface area contributed by atoms with Crippen LogP contribution in [0.5, 0.6) is 0 Å². The van der Waals surface area contributed by atoms with Crippen LogP contribution in [0.4, 0.5) is 0 Å². The third-order valence-corrected chi connectivity index (χ3v) is 1.73. The van der Waals surface area contributed by atoms with Crippen molar-refractivity contribution in [3.8, 4) is 0 Å². The number of hydrogen-bond donors (Lipinski definition) is 1. The Morgan fingerprint density at radius 3 is 3.14 bits per heavy atom. The average Bonchev–Trinajstić information content (AvgIpc) is 2.58. The molecule has 70 valence electrons. The van der Waals surface area contributed by atoms with Gasteiger partial charge >= 0.3 is 5.97 Å². The number of hydrogen-bond acceptors (Lipinski definition) is 3. The van der Waals surface area contributed by atoms with Gasteiger partial charge in [0.15, 0.2) is 5.65 Å². The van der Waals surface area contributed by atoms with Crippen molar-refractivity contribution >= 4 is 23.3 Å². The first-order chi connectivity index (χ1) is 6.77. The molecule has 2 aromatic rings. The molecule has 0 saturated heterocycles. The predicted molar refractivity (Wildman–Crippen MR) is 50.5 cm³/mol. The Labute approximate surface area is 79.3 Å². The van der Waals surface area contributed by atoms with Gasteiger partial charge in [-0.1, -0.05) is 0 Å². The SMILES string of the molecule is O=C(O)C=Cn1cnc2ncccc21. The Hall–Kier alpha value is -2.17. The highest BCUT2D eigenvalue weighted by Gasteiger charge is 1.99. The van der Waals surface area contributed by atoms with Crippen LogP contribution in [0.25, 0.3) is 17.4 Å². The Balaban J connectivity index is 2.48. The summed E-state index contributed by atoms with van der Waals surface area (Å²) in [7, 11) is 0. The minimum Gasteiger partial charge on any atom is -0.478 e. The lowest BCUT2D eigenvalue weighted by Gasteiger charge is -1.92. The van der Waals surface area contributed by atoms with E-state index in [1.807, 2.05) is 6.07 Å². The van der Waals surface area contributed by atoms with Crippen molar-refractivity contribution in [3.05, 3.63) is 30.7 Å². The van der Waals surface area contributed by atoms with Gasteiger partial charge in [-0.25, -0.2) is 14.8 Å². The number of carbonyl (C=O) groups is 1. The number of imidazole rings is 1. The zero-order valence-corrected chi connectivity index (χ0v) is 7.16. The highest BCUT2D eigenvalue weighted by Crippen LogP contribution is 2.08. The zero-order chi connectivity index (χ0) is 9.97. The van der Waals surface area contributed by atoms with E-state index in [-0.39, 0.29) is 0 Å². The minimum atomic E-state index is -0.990. The number of rotatable bonds is 2. The molecule has 0 aliphatic rings. The van der Waals surface area contributed by atoms with Crippen molar-refractivity contribution in [3.63, 3.8) is 0 Å². The molecule has 5 heteroatoms. The van der Waals surface area contributed by atoms with Gasteiger partial charge in [0.25, 0.3) is 0 Å². The van der Waals surface area contributed by atoms with Crippen LogP contribution in [0.2, 0.25) is 0 Å². The Morgan fingerprint density at radius 2 is 2.36 bits per heavy atom. The fraction of sp³-hybridized carbons (Fsp3) is 0. The molecule has 0 spiro atoms. The van der Waals surface area contributed by atoms with Gasteiger partial charge < -0.3 is 9.67 Å². The molecule has 2 heterocycles. The van der Waals surface area contributed by atoms with Crippen molar-refractivity contribution in [1.82, 2.24) is 14.5 Å². The first kappa shape index (κ1) is 8.43. The lowest BCUT2D eigenvalue weighted by atomic mass is 10.4. The molecule has 1 N–H and O–H groups in total. The summed E-state index contributed by atoms with van der Waals surface area (Å²) >= 11 is 0. The van der Waals surface area contributed by atoms with Gasteiger partial charge in [-0.15, -0.1) is 0 Å². The molecule has 0 amide bonds. The van der Waals surface area contributed by atoms with Crippen LogP contribution in [-0.4, -0.2) is 25.6 Å². The predicted octanol–water partition coefficient (Wildman–Crippen LogP) is 0.987. The smallest absolute Gasteiger partial charge is 0.329 e. The molecule has 0 unspecified atom stereocenters. The summed E-state index contributed by atoms with van der Waals surface area (Å²) in [5.41, 5.74) is 1.38. The number of carboxylic acids is 1. The van der Waals surface area contributed by atoms with Crippen LogP contribution >= 0.6 is 0 Å². The zero-order valence-electron chi connectivity index (χ0n) is 7.16. The standard InChI is InChI=1S/C9H7N3O2/c13-8(14)3-5-12-6-11-9-7(12)2-1-4-10-9/h1-6H,(H,13,14). The van der Waals surface area contributed by atoms with E-state index < -0.39 is 5.97 Å². The van der Waals surface area contributed by atoms with E-state index >= 15 is 0 Å². The highest BCUT2D eigenvalue weighted by atomic mass is 16.4. The second-order valence-corrected chi connectivity index (χ2v) is 2.65. The van der Waals surface area contributed by atoms with Gasteiger partial charge in [-0.3, -0.25) is 0 Å². The fourth-order valence-electron chi connectivity index (χ4n) is 1.13. The van der Waals surface area contributed by atoms with Crippen molar-refractivity contribution in [2.45, 2.75) is 0 Å². The quantitative estimate of drug-likeness (QED) is 0.715. The van der Waals surface area contributed by atoms with E-state index in [4.69, 9.17) is 5.11 Å². The fourth-order valence-corrected chi connectivity index (χ4v) is 1.13. The van der Waals surface area contributed by atoms with E-state index in [1.54, 1.807) is 16.8 Å². The summed E-state index contributed by atoms with van der Waals surface area (Å²) in [6.07, 6.45) is 5.64. The molecule has 2 rings (SSSR count). The van der Waals surface area contributed by atoms with Crippen LogP contribution in [0.15, 0.2) is 30.7 Å². The van der Waals surface area contributed by atoms with Crippen LogP contribution in [0, 0.1) is 0 Å². The number of fused-ring (bicyclic) bond motifs is 1. The lowest BCUT2D eigenvalue weighted by molar-refractivity contribution is -0.131. The maximum absolute atomic E-state index is 10.3. The topological polar surface area (TPSA) is 68.0 Å². The molecule has 2 aromatic heterocycles. The maximum Gasteiger partial charge on any atom is 0.329 e. The van der Waals surface area contributed by atoms with Crippen LogP contribution in [0.3, 0.4) is 0 Å². The summed E-state index contributed by atoms with van der Waals surface area (Å²) in [5.74, 6) is -0.990. The summed E-state index contributed by atoms with van der Waals surface area (Å²) < 4.78 is 1.61. The molecular formula is C9H7N3O2. The molecule has 0 aromatic carbocycles.